The van der Waals surface area contributed by atoms with Crippen molar-refractivity contribution in [2.75, 3.05) is 26.2 Å². The summed E-state index contributed by atoms with van der Waals surface area (Å²) in [5.41, 5.74) is 7.03. The van der Waals surface area contributed by atoms with Gasteiger partial charge in [0.05, 0.1) is 6.42 Å². The Balaban J connectivity index is 1.50. The van der Waals surface area contributed by atoms with Gasteiger partial charge in [0, 0.05) is 31.2 Å². The molecule has 0 radical (unpaired) electrons. The van der Waals surface area contributed by atoms with E-state index in [0.717, 1.165) is 30.7 Å². The quantitative estimate of drug-likeness (QED) is 0.768. The van der Waals surface area contributed by atoms with Crippen LogP contribution in [0.2, 0.25) is 0 Å². The molecule has 28 heavy (non-hydrogen) atoms. The lowest BCUT2D eigenvalue weighted by atomic mass is 10.0. The zero-order valence-corrected chi connectivity index (χ0v) is 16.0. The molecule has 3 rings (SSSR count). The largest absolute Gasteiger partial charge is 0.492 e. The van der Waals surface area contributed by atoms with Gasteiger partial charge in [0.25, 0.3) is 5.91 Å². The van der Waals surface area contributed by atoms with Gasteiger partial charge in [-0.3, -0.25) is 9.59 Å². The van der Waals surface area contributed by atoms with E-state index in [1.54, 1.807) is 0 Å². The van der Waals surface area contributed by atoms with E-state index in [2.05, 4.69) is 5.32 Å². The number of likely N-dealkylation sites (tertiary alicyclic amines) is 1. The molecular formula is C22H27N3O3. The minimum absolute atomic E-state index is 0.0129. The molecule has 1 aliphatic heterocycles. The van der Waals surface area contributed by atoms with Crippen LogP contribution < -0.4 is 15.8 Å². The third-order valence-electron chi connectivity index (χ3n) is 4.77. The fraction of sp³-hybridized carbons (Fsp3) is 0.364. The summed E-state index contributed by atoms with van der Waals surface area (Å²) >= 11 is 0. The van der Waals surface area contributed by atoms with Crippen LogP contribution in [-0.2, 0) is 11.2 Å². The third-order valence-corrected chi connectivity index (χ3v) is 4.77. The van der Waals surface area contributed by atoms with Gasteiger partial charge in [-0.25, -0.2) is 0 Å². The number of carbonyl (C=O) groups is 2. The van der Waals surface area contributed by atoms with Crippen LogP contribution >= 0.6 is 0 Å². The monoisotopic (exact) mass is 381 g/mol. The van der Waals surface area contributed by atoms with Crippen molar-refractivity contribution in [3.63, 3.8) is 0 Å². The summed E-state index contributed by atoms with van der Waals surface area (Å²) in [4.78, 5) is 26.9. The van der Waals surface area contributed by atoms with E-state index >= 15 is 0 Å². The average Bonchev–Trinajstić information content (AvgIpc) is 2.73. The van der Waals surface area contributed by atoms with Gasteiger partial charge in [-0.2, -0.15) is 0 Å². The number of nitrogens with two attached hydrogens (primary N) is 1. The minimum atomic E-state index is -0.0327. The highest BCUT2D eigenvalue weighted by atomic mass is 16.5. The Bertz CT molecular complexity index is 777. The van der Waals surface area contributed by atoms with Gasteiger partial charge >= 0.3 is 0 Å². The van der Waals surface area contributed by atoms with Crippen LogP contribution in [0.5, 0.6) is 5.75 Å². The first kappa shape index (κ1) is 19.9. The highest BCUT2D eigenvalue weighted by Crippen LogP contribution is 2.15. The molecule has 1 heterocycles. The Labute approximate surface area is 165 Å². The van der Waals surface area contributed by atoms with Crippen molar-refractivity contribution in [3.05, 3.63) is 65.7 Å². The van der Waals surface area contributed by atoms with Crippen LogP contribution in [0.4, 0.5) is 0 Å². The Hall–Kier alpha value is -2.86. The second-order valence-electron chi connectivity index (χ2n) is 6.98. The molecule has 0 aliphatic carbocycles. The fourth-order valence-electron chi connectivity index (χ4n) is 3.39. The molecule has 6 heteroatoms. The van der Waals surface area contributed by atoms with Crippen LogP contribution in [0.15, 0.2) is 54.6 Å². The highest BCUT2D eigenvalue weighted by molar-refractivity contribution is 5.94. The van der Waals surface area contributed by atoms with Crippen LogP contribution in [0, 0.1) is 0 Å². The van der Waals surface area contributed by atoms with E-state index < -0.39 is 0 Å². The number of ether oxygens (including phenoxy) is 1. The van der Waals surface area contributed by atoms with Crippen LogP contribution in [0.3, 0.4) is 0 Å². The summed E-state index contributed by atoms with van der Waals surface area (Å²) in [5, 5.41) is 3.07. The molecule has 6 nitrogen and oxygen atoms in total. The Morgan fingerprint density at radius 1 is 1.11 bits per heavy atom. The summed E-state index contributed by atoms with van der Waals surface area (Å²) in [6.07, 6.45) is 2.08. The summed E-state index contributed by atoms with van der Waals surface area (Å²) in [5.74, 6) is 0.735. The number of hydrogen-bond donors (Lipinski definition) is 2. The lowest BCUT2D eigenvalue weighted by Crippen LogP contribution is -2.49. The molecule has 0 spiro atoms. The maximum absolute atomic E-state index is 12.6. The van der Waals surface area contributed by atoms with E-state index in [1.165, 1.54) is 0 Å². The van der Waals surface area contributed by atoms with Gasteiger partial charge in [-0.05, 0) is 42.7 Å². The first-order chi connectivity index (χ1) is 13.7. The third kappa shape index (κ3) is 5.57. The SMILES string of the molecule is NCCOc1ccc(CC(=O)N[C@@H]2CCCN(C(=O)c3ccccc3)C2)cc1. The molecule has 2 aromatic rings. The van der Waals surface area contributed by atoms with Crippen molar-refractivity contribution in [2.45, 2.75) is 25.3 Å². The molecule has 1 fully saturated rings. The lowest BCUT2D eigenvalue weighted by molar-refractivity contribution is -0.121. The number of carbonyl (C=O) groups excluding carboxylic acids is 2. The molecule has 0 unspecified atom stereocenters. The van der Waals surface area contributed by atoms with Crippen LogP contribution in [-0.4, -0.2) is 49.0 Å². The van der Waals surface area contributed by atoms with E-state index in [-0.39, 0.29) is 17.9 Å². The minimum Gasteiger partial charge on any atom is -0.492 e. The highest BCUT2D eigenvalue weighted by Gasteiger charge is 2.25. The number of piperidine rings is 1. The average molecular weight is 381 g/mol. The molecule has 0 bridgehead atoms. The Morgan fingerprint density at radius 2 is 1.86 bits per heavy atom. The number of amides is 2. The zero-order chi connectivity index (χ0) is 19.8. The van der Waals surface area contributed by atoms with Gasteiger partial charge in [-0.1, -0.05) is 30.3 Å². The maximum Gasteiger partial charge on any atom is 0.253 e. The molecular weight excluding hydrogens is 354 g/mol. The van der Waals surface area contributed by atoms with E-state index in [1.807, 2.05) is 59.5 Å². The topological polar surface area (TPSA) is 84.7 Å². The van der Waals surface area contributed by atoms with E-state index in [4.69, 9.17) is 10.5 Å². The summed E-state index contributed by atoms with van der Waals surface area (Å²) in [6.45, 7) is 2.21. The smallest absolute Gasteiger partial charge is 0.253 e. The molecule has 0 saturated carbocycles. The molecule has 1 atom stereocenters. The molecule has 1 saturated heterocycles. The summed E-state index contributed by atoms with van der Waals surface area (Å²) in [6, 6.07) is 16.7. The summed E-state index contributed by atoms with van der Waals surface area (Å²) < 4.78 is 5.44. The van der Waals surface area contributed by atoms with Crippen LogP contribution in [0.25, 0.3) is 0 Å². The fourth-order valence-corrected chi connectivity index (χ4v) is 3.39. The van der Waals surface area contributed by atoms with Crippen molar-refractivity contribution in [1.82, 2.24) is 10.2 Å². The van der Waals surface area contributed by atoms with Crippen molar-refractivity contribution < 1.29 is 14.3 Å². The van der Waals surface area contributed by atoms with E-state index in [0.29, 0.717) is 31.7 Å². The van der Waals surface area contributed by atoms with Gasteiger partial charge in [0.2, 0.25) is 5.91 Å². The summed E-state index contributed by atoms with van der Waals surface area (Å²) in [7, 11) is 0. The molecule has 3 N–H and O–H groups in total. The number of nitrogens with zero attached hydrogens (tertiary/aromatic N) is 1. The van der Waals surface area contributed by atoms with Crippen molar-refractivity contribution >= 4 is 11.8 Å². The normalized spacial score (nSPS) is 16.5. The predicted octanol–water partition coefficient (Wildman–Crippen LogP) is 1.99. The Kier molecular flexibility index (Phi) is 7.03. The molecule has 2 amide bonds. The second-order valence-corrected chi connectivity index (χ2v) is 6.98. The first-order valence-corrected chi connectivity index (χ1v) is 9.71. The number of hydrogen-bond acceptors (Lipinski definition) is 4. The molecule has 2 aromatic carbocycles. The Morgan fingerprint density at radius 3 is 2.57 bits per heavy atom. The number of nitrogens with one attached hydrogen (secondary N) is 1. The number of rotatable bonds is 7. The van der Waals surface area contributed by atoms with Crippen molar-refractivity contribution in [2.24, 2.45) is 5.73 Å². The van der Waals surface area contributed by atoms with Gasteiger partial charge in [-0.15, -0.1) is 0 Å². The maximum atomic E-state index is 12.6. The zero-order valence-electron chi connectivity index (χ0n) is 16.0. The molecule has 0 aromatic heterocycles. The van der Waals surface area contributed by atoms with Gasteiger partial charge in [0.1, 0.15) is 12.4 Å². The van der Waals surface area contributed by atoms with Gasteiger partial charge in [0.15, 0.2) is 0 Å². The van der Waals surface area contributed by atoms with Crippen molar-refractivity contribution in [1.29, 1.82) is 0 Å². The standard InChI is InChI=1S/C22H27N3O3/c23-12-14-28-20-10-8-17(9-11-20)15-21(26)24-19-7-4-13-25(16-19)22(27)18-5-2-1-3-6-18/h1-3,5-6,8-11,19H,4,7,12-16,23H2,(H,24,26)/t19-/m1/s1. The van der Waals surface area contributed by atoms with E-state index in [9.17, 15) is 9.59 Å². The second kappa shape index (κ2) is 9.90. The van der Waals surface area contributed by atoms with Crippen LogP contribution in [0.1, 0.15) is 28.8 Å². The molecule has 148 valence electrons. The molecule has 1 aliphatic rings. The lowest BCUT2D eigenvalue weighted by Gasteiger charge is -2.33. The van der Waals surface area contributed by atoms with Crippen molar-refractivity contribution in [3.8, 4) is 5.75 Å². The van der Waals surface area contributed by atoms with Gasteiger partial charge < -0.3 is 20.7 Å². The predicted molar refractivity (Wildman–Crippen MR) is 108 cm³/mol. The number of benzene rings is 2. The first-order valence-electron chi connectivity index (χ1n) is 9.71.